The van der Waals surface area contributed by atoms with Crippen molar-refractivity contribution in [2.45, 2.75) is 0 Å². The van der Waals surface area contributed by atoms with E-state index in [1.807, 2.05) is 6.07 Å². The molecule has 0 aromatic carbocycles. The third kappa shape index (κ3) is 1.56. The molecule has 0 radical (unpaired) electrons. The Balaban J connectivity index is 2.39. The Labute approximate surface area is 84.6 Å². The minimum absolute atomic E-state index is 0.270. The summed E-state index contributed by atoms with van der Waals surface area (Å²) in [6.07, 6.45) is 3.11. The van der Waals surface area contributed by atoms with Crippen LogP contribution in [0, 0.1) is 11.3 Å². The fourth-order valence-electron chi connectivity index (χ4n) is 0.933. The fourth-order valence-corrected chi connectivity index (χ4v) is 1.07. The number of hydrogen-bond acceptors (Lipinski definition) is 4. The molecule has 0 N–H and O–H groups in total. The second kappa shape index (κ2) is 3.44. The van der Waals surface area contributed by atoms with E-state index in [2.05, 4.69) is 15.3 Å². The van der Waals surface area contributed by atoms with Crippen molar-refractivity contribution >= 4 is 11.6 Å². The highest BCUT2D eigenvalue weighted by atomic mass is 35.5. The quantitative estimate of drug-likeness (QED) is 0.701. The summed E-state index contributed by atoms with van der Waals surface area (Å²) in [6.45, 7) is 0. The highest BCUT2D eigenvalue weighted by Gasteiger charge is 2.01. The van der Waals surface area contributed by atoms with Crippen molar-refractivity contribution in [1.29, 1.82) is 5.26 Å². The maximum absolute atomic E-state index is 8.51. The first-order chi connectivity index (χ1) is 6.79. The molecule has 0 spiro atoms. The van der Waals surface area contributed by atoms with Gasteiger partial charge in [-0.2, -0.15) is 10.4 Å². The summed E-state index contributed by atoms with van der Waals surface area (Å²) in [4.78, 5) is 0. The van der Waals surface area contributed by atoms with Gasteiger partial charge >= 0.3 is 0 Å². The molecule has 0 bridgehead atoms. The second-order valence-corrected chi connectivity index (χ2v) is 2.93. The summed E-state index contributed by atoms with van der Waals surface area (Å²) in [5, 5.41) is 20.4. The largest absolute Gasteiger partial charge is 0.219 e. The van der Waals surface area contributed by atoms with Gasteiger partial charge in [0.25, 0.3) is 0 Å². The first kappa shape index (κ1) is 8.66. The van der Waals surface area contributed by atoms with Crippen molar-refractivity contribution in [3.63, 3.8) is 0 Å². The second-order valence-electron chi connectivity index (χ2n) is 2.49. The van der Waals surface area contributed by atoms with Crippen molar-refractivity contribution in [3.8, 4) is 11.9 Å². The number of nitriles is 1. The summed E-state index contributed by atoms with van der Waals surface area (Å²) in [5.74, 6) is 0.524. The van der Waals surface area contributed by atoms with Crippen LogP contribution in [0.2, 0.25) is 5.02 Å². The van der Waals surface area contributed by atoms with E-state index >= 15 is 0 Å². The van der Waals surface area contributed by atoms with Crippen molar-refractivity contribution in [2.75, 3.05) is 0 Å². The molecule has 0 aliphatic rings. The number of rotatable bonds is 1. The Morgan fingerprint density at radius 2 is 2.21 bits per heavy atom. The first-order valence-corrected chi connectivity index (χ1v) is 4.12. The monoisotopic (exact) mass is 205 g/mol. The molecule has 2 aromatic heterocycles. The topological polar surface area (TPSA) is 67.4 Å². The minimum atomic E-state index is 0.270. The van der Waals surface area contributed by atoms with Crippen molar-refractivity contribution in [3.05, 3.63) is 35.2 Å². The smallest absolute Gasteiger partial charge is 0.175 e. The van der Waals surface area contributed by atoms with Gasteiger partial charge in [0.1, 0.15) is 6.07 Å². The van der Waals surface area contributed by atoms with Gasteiger partial charge in [-0.3, -0.25) is 0 Å². The van der Waals surface area contributed by atoms with Gasteiger partial charge in [0.15, 0.2) is 11.5 Å². The van der Waals surface area contributed by atoms with Crippen LogP contribution >= 0.6 is 11.6 Å². The van der Waals surface area contributed by atoms with Gasteiger partial charge in [-0.1, -0.05) is 11.6 Å². The van der Waals surface area contributed by atoms with Gasteiger partial charge in [-0.25, -0.2) is 4.68 Å². The molecule has 5 nitrogen and oxygen atoms in total. The highest BCUT2D eigenvalue weighted by molar-refractivity contribution is 6.30. The van der Waals surface area contributed by atoms with Crippen LogP contribution in [0.1, 0.15) is 5.69 Å². The zero-order valence-electron chi connectivity index (χ0n) is 6.92. The van der Waals surface area contributed by atoms with Gasteiger partial charge in [-0.05, 0) is 12.1 Å². The number of aromatic nitrogens is 4. The molecular weight excluding hydrogens is 202 g/mol. The third-order valence-corrected chi connectivity index (χ3v) is 1.75. The third-order valence-electron chi connectivity index (χ3n) is 1.55. The van der Waals surface area contributed by atoms with Crippen molar-refractivity contribution < 1.29 is 0 Å². The minimum Gasteiger partial charge on any atom is -0.219 e. The molecule has 14 heavy (non-hydrogen) atoms. The molecule has 0 aliphatic heterocycles. The van der Waals surface area contributed by atoms with E-state index < -0.39 is 0 Å². The maximum Gasteiger partial charge on any atom is 0.175 e. The van der Waals surface area contributed by atoms with E-state index in [0.29, 0.717) is 10.8 Å². The SMILES string of the molecule is N#Cc1ccc(-n2cc(Cl)cn2)nn1. The van der Waals surface area contributed by atoms with Crippen LogP contribution in [0.5, 0.6) is 0 Å². The van der Waals surface area contributed by atoms with Crippen molar-refractivity contribution in [1.82, 2.24) is 20.0 Å². The zero-order valence-corrected chi connectivity index (χ0v) is 7.68. The van der Waals surface area contributed by atoms with Crippen LogP contribution in [0.3, 0.4) is 0 Å². The number of nitrogens with zero attached hydrogens (tertiary/aromatic N) is 5. The summed E-state index contributed by atoms with van der Waals surface area (Å²) in [7, 11) is 0. The van der Waals surface area contributed by atoms with Crippen LogP contribution in [0.15, 0.2) is 24.5 Å². The Morgan fingerprint density at radius 1 is 1.36 bits per heavy atom. The van der Waals surface area contributed by atoms with Crippen LogP contribution in [-0.2, 0) is 0 Å². The molecule has 0 saturated carbocycles. The fraction of sp³-hybridized carbons (Fsp3) is 0. The van der Waals surface area contributed by atoms with Gasteiger partial charge in [-0.15, -0.1) is 10.2 Å². The average Bonchev–Trinajstić information content (AvgIpc) is 2.65. The van der Waals surface area contributed by atoms with E-state index in [0.717, 1.165) is 0 Å². The lowest BCUT2D eigenvalue weighted by molar-refractivity contribution is 0.811. The first-order valence-electron chi connectivity index (χ1n) is 3.74. The standard InChI is InChI=1S/C8H4ClN5/c9-6-4-11-14(5-6)8-2-1-7(3-10)12-13-8/h1-2,4-5H. The Morgan fingerprint density at radius 3 is 2.71 bits per heavy atom. The Bertz CT molecular complexity index is 481. The number of halogens is 1. The Kier molecular flexibility index (Phi) is 2.13. The molecule has 2 heterocycles. The summed E-state index contributed by atoms with van der Waals surface area (Å²) >= 11 is 5.68. The molecule has 2 aromatic rings. The zero-order chi connectivity index (χ0) is 9.97. The van der Waals surface area contributed by atoms with E-state index in [9.17, 15) is 0 Å². The molecule has 0 aliphatic carbocycles. The van der Waals surface area contributed by atoms with Crippen LogP contribution < -0.4 is 0 Å². The van der Waals surface area contributed by atoms with Crippen LogP contribution in [0.4, 0.5) is 0 Å². The molecule has 2 rings (SSSR count). The van der Waals surface area contributed by atoms with E-state index in [1.54, 1.807) is 18.3 Å². The van der Waals surface area contributed by atoms with Crippen molar-refractivity contribution in [2.24, 2.45) is 0 Å². The highest BCUT2D eigenvalue weighted by Crippen LogP contribution is 2.08. The van der Waals surface area contributed by atoms with Crippen LogP contribution in [-0.4, -0.2) is 20.0 Å². The Hall–Kier alpha value is -1.93. The maximum atomic E-state index is 8.51. The molecule has 0 fully saturated rings. The van der Waals surface area contributed by atoms with Gasteiger partial charge in [0.2, 0.25) is 0 Å². The normalized spacial score (nSPS) is 9.71. The van der Waals surface area contributed by atoms with E-state index in [4.69, 9.17) is 16.9 Å². The molecule has 0 saturated heterocycles. The predicted molar refractivity (Wildman–Crippen MR) is 48.9 cm³/mol. The number of hydrogen-bond donors (Lipinski definition) is 0. The molecule has 0 unspecified atom stereocenters. The lowest BCUT2D eigenvalue weighted by Crippen LogP contribution is -1.99. The van der Waals surface area contributed by atoms with E-state index in [1.165, 1.54) is 10.9 Å². The molecule has 0 atom stereocenters. The molecule has 6 heteroatoms. The van der Waals surface area contributed by atoms with Gasteiger partial charge < -0.3 is 0 Å². The summed E-state index contributed by atoms with van der Waals surface area (Å²) < 4.78 is 1.48. The molecular formula is C8H4ClN5. The lowest BCUT2D eigenvalue weighted by Gasteiger charge is -1.96. The summed E-state index contributed by atoms with van der Waals surface area (Å²) in [5.41, 5.74) is 0.270. The predicted octanol–water partition coefficient (Wildman–Crippen LogP) is 1.19. The van der Waals surface area contributed by atoms with E-state index in [-0.39, 0.29) is 5.69 Å². The average molecular weight is 206 g/mol. The summed E-state index contributed by atoms with van der Waals surface area (Å²) in [6, 6.07) is 5.10. The molecule has 68 valence electrons. The lowest BCUT2D eigenvalue weighted by atomic mass is 10.4. The molecule has 0 amide bonds. The van der Waals surface area contributed by atoms with Gasteiger partial charge in [0, 0.05) is 0 Å². The van der Waals surface area contributed by atoms with Crippen LogP contribution in [0.25, 0.3) is 5.82 Å². The van der Waals surface area contributed by atoms with Gasteiger partial charge in [0.05, 0.1) is 17.4 Å².